The van der Waals surface area contributed by atoms with E-state index < -0.39 is 5.97 Å². The number of nitrogens with zero attached hydrogens (tertiary/aromatic N) is 1. The molecule has 0 spiro atoms. The van der Waals surface area contributed by atoms with E-state index in [-0.39, 0.29) is 64.7 Å². The van der Waals surface area contributed by atoms with Crippen LogP contribution >= 0.6 is 0 Å². The van der Waals surface area contributed by atoms with Crippen LogP contribution in [-0.4, -0.2) is 46.4 Å². The zero-order valence-corrected chi connectivity index (χ0v) is 13.1. The van der Waals surface area contributed by atoms with Crippen LogP contribution in [0.4, 0.5) is 0 Å². The fourth-order valence-corrected chi connectivity index (χ4v) is 4.63. The Kier molecular flexibility index (Phi) is 2.30. The van der Waals surface area contributed by atoms with Crippen molar-refractivity contribution in [2.45, 2.75) is 43.9 Å². The molecule has 2 aromatic rings. The second-order valence-electron chi connectivity index (χ2n) is 7.07. The van der Waals surface area contributed by atoms with Gasteiger partial charge in [-0.05, 0) is 18.9 Å². The minimum atomic E-state index is -0.572. The molecule has 1 aromatic heterocycles. The standard InChI is InChI=1S/C19H20N2O3/c22-18-10-21-12-5-11(18)6-13(21)8-14(7-12)24-19(23)16-9-20-17-4-2-1-3-15(16)17/h1-4,9,11-14,20H,5-8,10H2/t11?,12-,13+,14?/i1D,2D,3D,4D. The third-order valence-corrected chi connectivity index (χ3v) is 5.73. The Balaban J connectivity index is 1.39. The van der Waals surface area contributed by atoms with Crippen molar-refractivity contribution in [2.75, 3.05) is 6.54 Å². The summed E-state index contributed by atoms with van der Waals surface area (Å²) in [7, 11) is 0. The molecule has 5 nitrogen and oxygen atoms in total. The highest BCUT2D eigenvalue weighted by molar-refractivity contribution is 6.04. The van der Waals surface area contributed by atoms with Crippen molar-refractivity contribution < 1.29 is 19.8 Å². The molecule has 4 fully saturated rings. The molecule has 4 bridgehead atoms. The largest absolute Gasteiger partial charge is 0.459 e. The van der Waals surface area contributed by atoms with Gasteiger partial charge in [-0.25, -0.2) is 4.79 Å². The van der Waals surface area contributed by atoms with E-state index in [4.69, 9.17) is 10.2 Å². The maximum Gasteiger partial charge on any atom is 0.340 e. The molecular weight excluding hydrogens is 304 g/mol. The third kappa shape index (κ3) is 2.11. The number of carbonyl (C=O) groups excluding carboxylic acids is 2. The first-order chi connectivity index (χ1) is 13.3. The molecule has 5 heteroatoms. The Morgan fingerprint density at radius 3 is 2.71 bits per heavy atom. The number of aromatic nitrogens is 1. The van der Waals surface area contributed by atoms with E-state index in [0.717, 1.165) is 12.8 Å². The summed E-state index contributed by atoms with van der Waals surface area (Å²) >= 11 is 0. The summed E-state index contributed by atoms with van der Waals surface area (Å²) in [5.41, 5.74) is 0.343. The highest BCUT2D eigenvalue weighted by Gasteiger charge is 2.49. The number of ketones is 1. The van der Waals surface area contributed by atoms with Crippen molar-refractivity contribution in [3.8, 4) is 0 Å². The number of fused-ring (bicyclic) bond motifs is 2. The van der Waals surface area contributed by atoms with Gasteiger partial charge >= 0.3 is 5.97 Å². The van der Waals surface area contributed by atoms with Gasteiger partial charge in [0.05, 0.1) is 17.6 Å². The summed E-state index contributed by atoms with van der Waals surface area (Å²) in [5.74, 6) is -0.0884. The molecule has 0 radical (unpaired) electrons. The number of nitrogens with one attached hydrogen (secondary N) is 1. The van der Waals surface area contributed by atoms with Crippen LogP contribution in [0.15, 0.2) is 30.4 Å². The van der Waals surface area contributed by atoms with Gasteiger partial charge < -0.3 is 9.72 Å². The summed E-state index contributed by atoms with van der Waals surface area (Å²) in [4.78, 5) is 29.8. The highest BCUT2D eigenvalue weighted by atomic mass is 16.5. The number of benzene rings is 1. The van der Waals surface area contributed by atoms with Crippen LogP contribution in [0, 0.1) is 5.92 Å². The lowest BCUT2D eigenvalue weighted by Gasteiger charge is -2.54. The van der Waals surface area contributed by atoms with Crippen LogP contribution in [0.2, 0.25) is 0 Å². The Bertz CT molecular complexity index is 1000. The summed E-state index contributed by atoms with van der Waals surface area (Å²) in [6, 6.07) is -0.603. The van der Waals surface area contributed by atoms with Gasteiger partial charge in [0, 0.05) is 47.9 Å². The van der Waals surface area contributed by atoms with Gasteiger partial charge in [-0.2, -0.15) is 0 Å². The first-order valence-corrected chi connectivity index (χ1v) is 8.42. The highest BCUT2D eigenvalue weighted by Crippen LogP contribution is 2.42. The number of para-hydroxylation sites is 1. The van der Waals surface area contributed by atoms with Crippen LogP contribution in [-0.2, 0) is 9.53 Å². The summed E-state index contributed by atoms with van der Waals surface area (Å²) in [5, 5.41) is 0.167. The zero-order valence-electron chi connectivity index (χ0n) is 17.1. The molecule has 4 aliphatic rings. The van der Waals surface area contributed by atoms with Crippen molar-refractivity contribution in [3.05, 3.63) is 35.9 Å². The Hall–Kier alpha value is -2.14. The SMILES string of the molecule is [2H]c1c([2H])c([2H])c2c(C(=O)OC3C[C@@H]4CC5C[C@H](C3)N4CC5=O)c[nH]c2c1[2H]. The molecule has 0 aliphatic carbocycles. The van der Waals surface area contributed by atoms with Crippen molar-refractivity contribution in [1.82, 2.24) is 9.88 Å². The minimum Gasteiger partial charge on any atom is -0.459 e. The summed E-state index contributed by atoms with van der Waals surface area (Å²) in [6.07, 6.45) is 4.23. The van der Waals surface area contributed by atoms with Crippen LogP contribution in [0.1, 0.15) is 41.5 Å². The average molecular weight is 328 g/mol. The van der Waals surface area contributed by atoms with Gasteiger partial charge in [-0.1, -0.05) is 18.1 Å². The van der Waals surface area contributed by atoms with Crippen molar-refractivity contribution in [2.24, 2.45) is 5.92 Å². The van der Waals surface area contributed by atoms with Gasteiger partial charge in [-0.3, -0.25) is 9.69 Å². The van der Waals surface area contributed by atoms with E-state index in [1.54, 1.807) is 0 Å². The molecule has 24 heavy (non-hydrogen) atoms. The first-order valence-electron chi connectivity index (χ1n) is 10.4. The van der Waals surface area contributed by atoms with Gasteiger partial charge in [-0.15, -0.1) is 0 Å². The maximum atomic E-state index is 12.8. The number of H-pyrrole nitrogens is 1. The summed E-state index contributed by atoms with van der Waals surface area (Å²) in [6.45, 7) is 0.513. The van der Waals surface area contributed by atoms with Gasteiger partial charge in [0.2, 0.25) is 0 Å². The van der Waals surface area contributed by atoms with Gasteiger partial charge in [0.15, 0.2) is 0 Å². The Labute approximate surface area is 145 Å². The van der Waals surface area contributed by atoms with E-state index in [2.05, 4.69) is 9.88 Å². The number of rotatable bonds is 2. The molecule has 4 saturated heterocycles. The van der Waals surface area contributed by atoms with Crippen molar-refractivity contribution in [1.29, 1.82) is 0 Å². The van der Waals surface area contributed by atoms with Crippen LogP contribution in [0.25, 0.3) is 10.9 Å². The molecule has 3 unspecified atom stereocenters. The van der Waals surface area contributed by atoms with E-state index in [1.165, 1.54) is 6.20 Å². The number of hydrogen-bond donors (Lipinski definition) is 1. The summed E-state index contributed by atoms with van der Waals surface area (Å²) < 4.78 is 37.5. The van der Waals surface area contributed by atoms with Crippen LogP contribution in [0.3, 0.4) is 0 Å². The monoisotopic (exact) mass is 328 g/mol. The minimum absolute atomic E-state index is 0.134. The first kappa shape index (κ1) is 10.7. The Morgan fingerprint density at radius 2 is 1.96 bits per heavy atom. The molecule has 6 rings (SSSR count). The molecule has 0 saturated carbocycles. The maximum absolute atomic E-state index is 12.8. The molecular formula is C19H20N2O3. The molecule has 5 heterocycles. The van der Waals surface area contributed by atoms with Crippen molar-refractivity contribution >= 4 is 22.7 Å². The number of hydrogen-bond acceptors (Lipinski definition) is 4. The molecule has 1 aromatic carbocycles. The van der Waals surface area contributed by atoms with Crippen LogP contribution < -0.4 is 0 Å². The molecule has 5 atom stereocenters. The van der Waals surface area contributed by atoms with E-state index >= 15 is 0 Å². The molecule has 1 N–H and O–H groups in total. The topological polar surface area (TPSA) is 62.4 Å². The fraction of sp³-hybridized carbons (Fsp3) is 0.474. The van der Waals surface area contributed by atoms with E-state index in [9.17, 15) is 9.59 Å². The Morgan fingerprint density at radius 1 is 1.21 bits per heavy atom. The fourth-order valence-electron chi connectivity index (χ4n) is 4.63. The number of ether oxygens (including phenoxy) is 1. The normalized spacial score (nSPS) is 36.8. The smallest absolute Gasteiger partial charge is 0.340 e. The second-order valence-corrected chi connectivity index (χ2v) is 7.07. The number of piperidine rings is 4. The van der Waals surface area contributed by atoms with Crippen molar-refractivity contribution in [3.63, 3.8) is 0 Å². The van der Waals surface area contributed by atoms with Crippen LogP contribution in [0.5, 0.6) is 0 Å². The molecule has 124 valence electrons. The second kappa shape index (κ2) is 5.18. The molecule has 0 amide bonds. The van der Waals surface area contributed by atoms with E-state index in [1.807, 2.05) is 0 Å². The predicted octanol–water partition coefficient (Wildman–Crippen LogP) is 2.52. The number of carbonyl (C=O) groups is 2. The lowest BCUT2D eigenvalue weighted by molar-refractivity contribution is -0.145. The number of Topliss-reactive ketones (excluding diaryl/α,β-unsaturated/α-hetero) is 1. The lowest BCUT2D eigenvalue weighted by atomic mass is 9.72. The average Bonchev–Trinajstić information content (AvgIpc) is 3.10. The van der Waals surface area contributed by atoms with Gasteiger partial charge in [0.1, 0.15) is 11.9 Å². The van der Waals surface area contributed by atoms with Gasteiger partial charge in [0.25, 0.3) is 0 Å². The quantitative estimate of drug-likeness (QED) is 0.861. The number of aromatic amines is 1. The zero-order chi connectivity index (χ0) is 19.7. The number of esters is 1. The third-order valence-electron chi connectivity index (χ3n) is 5.73. The lowest BCUT2D eigenvalue weighted by Crippen LogP contribution is -2.63. The predicted molar refractivity (Wildman–Crippen MR) is 88.7 cm³/mol. The molecule has 4 aliphatic heterocycles. The van der Waals surface area contributed by atoms with E-state index in [0.29, 0.717) is 25.2 Å².